The van der Waals surface area contributed by atoms with Gasteiger partial charge in [-0.15, -0.1) is 0 Å². The van der Waals surface area contributed by atoms with Crippen molar-refractivity contribution in [3.63, 3.8) is 0 Å². The summed E-state index contributed by atoms with van der Waals surface area (Å²) in [7, 11) is 0. The van der Waals surface area contributed by atoms with E-state index in [1.54, 1.807) is 0 Å². The first-order chi connectivity index (χ1) is 9.71. The maximum atomic E-state index is 5.57. The van der Waals surface area contributed by atoms with Crippen LogP contribution in [0.1, 0.15) is 33.6 Å². The van der Waals surface area contributed by atoms with Crippen molar-refractivity contribution in [2.45, 2.75) is 52.3 Å². The van der Waals surface area contributed by atoms with Crippen molar-refractivity contribution < 1.29 is 4.74 Å². The number of ether oxygens (including phenoxy) is 1. The van der Waals surface area contributed by atoms with E-state index in [0.717, 1.165) is 51.3 Å². The molecule has 0 saturated carbocycles. The van der Waals surface area contributed by atoms with E-state index in [-0.39, 0.29) is 0 Å². The molecule has 1 aliphatic rings. The van der Waals surface area contributed by atoms with Crippen LogP contribution in [0.5, 0.6) is 0 Å². The smallest absolute Gasteiger partial charge is 0.0728 e. The summed E-state index contributed by atoms with van der Waals surface area (Å²) in [6.07, 6.45) is 6.56. The normalized spacial score (nSPS) is 23.2. The Hall–Kier alpha value is -1.07. The number of rotatable bonds is 7. The summed E-state index contributed by atoms with van der Waals surface area (Å²) in [5.74, 6) is 0. The molecule has 5 nitrogen and oxygen atoms in total. The van der Waals surface area contributed by atoms with Gasteiger partial charge in [0.1, 0.15) is 0 Å². The molecule has 0 spiro atoms. The summed E-state index contributed by atoms with van der Waals surface area (Å²) >= 11 is 0. The lowest BCUT2D eigenvalue weighted by atomic mass is 10.0. The first-order valence-electron chi connectivity index (χ1n) is 7.84. The molecule has 1 N–H and O–H groups in total. The molecule has 1 aliphatic heterocycles. The van der Waals surface area contributed by atoms with Gasteiger partial charge in [-0.2, -0.15) is 5.10 Å². The monoisotopic (exact) mass is 280 g/mol. The predicted octanol–water partition coefficient (Wildman–Crippen LogP) is 2.20. The summed E-state index contributed by atoms with van der Waals surface area (Å²) < 4.78 is 7.61. The first-order valence-corrected chi connectivity index (χ1v) is 7.84. The van der Waals surface area contributed by atoms with Crippen molar-refractivity contribution in [2.24, 2.45) is 0 Å². The molecule has 2 rings (SSSR count). The van der Waals surface area contributed by atoms with Crippen LogP contribution in [0, 0.1) is 0 Å². The lowest BCUT2D eigenvalue weighted by Gasteiger charge is -2.28. The highest BCUT2D eigenvalue weighted by Crippen LogP contribution is 2.18. The molecule has 0 amide bonds. The zero-order chi connectivity index (χ0) is 14.4. The van der Waals surface area contributed by atoms with Gasteiger partial charge in [0.25, 0.3) is 0 Å². The molecule has 0 aliphatic carbocycles. The highest BCUT2D eigenvalue weighted by atomic mass is 16.5. The number of anilines is 1. The van der Waals surface area contributed by atoms with E-state index in [2.05, 4.69) is 42.3 Å². The quantitative estimate of drug-likeness (QED) is 0.831. The van der Waals surface area contributed by atoms with Gasteiger partial charge in [-0.25, -0.2) is 0 Å². The molecule has 5 heteroatoms. The third kappa shape index (κ3) is 4.49. The standard InChI is InChI=1S/C15H28N4O/c1-4-18(5-2)7-8-19-12-15(11-16-19)17-14-6-9-20-13(3)10-14/h11-14,17H,4-10H2,1-3H3. The zero-order valence-corrected chi connectivity index (χ0v) is 13.0. The van der Waals surface area contributed by atoms with Gasteiger partial charge in [-0.05, 0) is 32.9 Å². The number of hydrogen-bond acceptors (Lipinski definition) is 4. The third-order valence-electron chi connectivity index (χ3n) is 4.03. The summed E-state index contributed by atoms with van der Waals surface area (Å²) in [5.41, 5.74) is 1.13. The molecule has 1 saturated heterocycles. The van der Waals surface area contributed by atoms with Gasteiger partial charge in [0.05, 0.1) is 24.5 Å². The molecule has 1 fully saturated rings. The van der Waals surface area contributed by atoms with Crippen LogP contribution in [0.4, 0.5) is 5.69 Å². The molecule has 0 radical (unpaired) electrons. The van der Waals surface area contributed by atoms with Gasteiger partial charge in [0, 0.05) is 25.4 Å². The van der Waals surface area contributed by atoms with E-state index in [1.807, 2.05) is 10.9 Å². The second kappa shape index (κ2) is 7.64. The van der Waals surface area contributed by atoms with Gasteiger partial charge in [-0.3, -0.25) is 4.68 Å². The summed E-state index contributed by atoms with van der Waals surface area (Å²) in [4.78, 5) is 2.41. The molecule has 2 atom stereocenters. The van der Waals surface area contributed by atoms with E-state index in [1.165, 1.54) is 0 Å². The Bertz CT molecular complexity index is 389. The van der Waals surface area contributed by atoms with Crippen LogP contribution in [0.25, 0.3) is 0 Å². The minimum absolute atomic E-state index is 0.360. The van der Waals surface area contributed by atoms with Crippen molar-refractivity contribution in [1.29, 1.82) is 0 Å². The Morgan fingerprint density at radius 3 is 2.95 bits per heavy atom. The average Bonchev–Trinajstić information content (AvgIpc) is 2.87. The largest absolute Gasteiger partial charge is 0.380 e. The fourth-order valence-corrected chi connectivity index (χ4v) is 2.71. The maximum absolute atomic E-state index is 5.57. The molecule has 2 heterocycles. The van der Waals surface area contributed by atoms with E-state index >= 15 is 0 Å². The summed E-state index contributed by atoms with van der Waals surface area (Å²) in [6.45, 7) is 11.6. The highest BCUT2D eigenvalue weighted by Gasteiger charge is 2.19. The van der Waals surface area contributed by atoms with E-state index < -0.39 is 0 Å². The molecule has 0 bridgehead atoms. The van der Waals surface area contributed by atoms with Gasteiger partial charge < -0.3 is 15.0 Å². The fourth-order valence-electron chi connectivity index (χ4n) is 2.71. The fraction of sp³-hybridized carbons (Fsp3) is 0.800. The number of likely N-dealkylation sites (N-methyl/N-ethyl adjacent to an activating group) is 1. The van der Waals surface area contributed by atoms with Gasteiger partial charge in [-0.1, -0.05) is 13.8 Å². The van der Waals surface area contributed by atoms with Crippen molar-refractivity contribution in [2.75, 3.05) is 31.6 Å². The lowest BCUT2D eigenvalue weighted by Crippen LogP contribution is -2.32. The van der Waals surface area contributed by atoms with Crippen LogP contribution in [0.2, 0.25) is 0 Å². The van der Waals surface area contributed by atoms with Gasteiger partial charge in [0.2, 0.25) is 0 Å². The van der Waals surface area contributed by atoms with E-state index in [4.69, 9.17) is 4.74 Å². The average molecular weight is 280 g/mol. The minimum atomic E-state index is 0.360. The Labute approximate surface area is 122 Å². The number of aromatic nitrogens is 2. The lowest BCUT2D eigenvalue weighted by molar-refractivity contribution is 0.0232. The predicted molar refractivity (Wildman–Crippen MR) is 82.1 cm³/mol. The molecule has 2 unspecified atom stereocenters. The minimum Gasteiger partial charge on any atom is -0.380 e. The second-order valence-electron chi connectivity index (χ2n) is 5.57. The highest BCUT2D eigenvalue weighted by molar-refractivity contribution is 5.39. The van der Waals surface area contributed by atoms with Crippen LogP contribution in [-0.2, 0) is 11.3 Å². The third-order valence-corrected chi connectivity index (χ3v) is 4.03. The molecule has 20 heavy (non-hydrogen) atoms. The molecular formula is C15H28N4O. The van der Waals surface area contributed by atoms with Crippen LogP contribution in [-0.4, -0.2) is 53.1 Å². The second-order valence-corrected chi connectivity index (χ2v) is 5.57. The summed E-state index contributed by atoms with van der Waals surface area (Å²) in [5, 5.41) is 8.01. The molecular weight excluding hydrogens is 252 g/mol. The SMILES string of the molecule is CCN(CC)CCn1cc(NC2CCOC(C)C2)cn1. The molecule has 1 aromatic heterocycles. The molecule has 1 aromatic rings. The molecule has 0 aromatic carbocycles. The summed E-state index contributed by atoms with van der Waals surface area (Å²) in [6, 6.07) is 0.513. The number of nitrogens with one attached hydrogen (secondary N) is 1. The van der Waals surface area contributed by atoms with Crippen LogP contribution in [0.3, 0.4) is 0 Å². The van der Waals surface area contributed by atoms with Crippen molar-refractivity contribution in [3.05, 3.63) is 12.4 Å². The Morgan fingerprint density at radius 1 is 1.45 bits per heavy atom. The Morgan fingerprint density at radius 2 is 2.25 bits per heavy atom. The van der Waals surface area contributed by atoms with Crippen LogP contribution >= 0.6 is 0 Å². The first kappa shape index (κ1) is 15.3. The van der Waals surface area contributed by atoms with Crippen molar-refractivity contribution in [3.8, 4) is 0 Å². The van der Waals surface area contributed by atoms with Gasteiger partial charge in [0.15, 0.2) is 0 Å². The van der Waals surface area contributed by atoms with Gasteiger partial charge >= 0.3 is 0 Å². The van der Waals surface area contributed by atoms with Crippen LogP contribution in [0.15, 0.2) is 12.4 Å². The van der Waals surface area contributed by atoms with E-state index in [9.17, 15) is 0 Å². The van der Waals surface area contributed by atoms with Crippen LogP contribution < -0.4 is 5.32 Å². The zero-order valence-electron chi connectivity index (χ0n) is 13.0. The maximum Gasteiger partial charge on any atom is 0.0728 e. The Balaban J connectivity index is 1.79. The van der Waals surface area contributed by atoms with Crippen molar-refractivity contribution in [1.82, 2.24) is 14.7 Å². The number of nitrogens with zero attached hydrogens (tertiary/aromatic N) is 3. The number of hydrogen-bond donors (Lipinski definition) is 1. The van der Waals surface area contributed by atoms with Crippen molar-refractivity contribution >= 4 is 5.69 Å². The van der Waals surface area contributed by atoms with E-state index in [0.29, 0.717) is 12.1 Å². The molecule has 114 valence electrons. The topological polar surface area (TPSA) is 42.3 Å². The Kier molecular flexibility index (Phi) is 5.86.